The first kappa shape index (κ1) is 21.5. The van der Waals surface area contributed by atoms with Gasteiger partial charge in [0.05, 0.1) is 15.5 Å². The van der Waals surface area contributed by atoms with Crippen molar-refractivity contribution in [1.29, 1.82) is 0 Å². The molecule has 0 saturated carbocycles. The van der Waals surface area contributed by atoms with Crippen molar-refractivity contribution >= 4 is 34.8 Å². The molecular formula is C21H20ClFN4O3S. The lowest BCUT2D eigenvalue weighted by molar-refractivity contribution is -0.132. The van der Waals surface area contributed by atoms with E-state index in [1.54, 1.807) is 21.1 Å². The second-order valence-electron chi connectivity index (χ2n) is 7.14. The van der Waals surface area contributed by atoms with Crippen LogP contribution in [0.2, 0.25) is 5.02 Å². The number of carbonyl (C=O) groups is 2. The summed E-state index contributed by atoms with van der Waals surface area (Å²) in [6.07, 6.45) is 1.51. The SMILES string of the molecule is O=C(CCCc1nc(-c2cccs2)no1)N1CCN(C(=O)c2ccc(F)cc2Cl)CC1. The van der Waals surface area contributed by atoms with Gasteiger partial charge in [0.25, 0.3) is 5.91 Å². The molecule has 10 heteroatoms. The molecule has 1 aromatic carbocycles. The van der Waals surface area contributed by atoms with Gasteiger partial charge in [0, 0.05) is 39.0 Å². The van der Waals surface area contributed by atoms with Gasteiger partial charge in [-0.3, -0.25) is 9.59 Å². The van der Waals surface area contributed by atoms with E-state index in [0.29, 0.717) is 57.2 Å². The summed E-state index contributed by atoms with van der Waals surface area (Å²) in [7, 11) is 0. The zero-order valence-electron chi connectivity index (χ0n) is 16.6. The number of aromatic nitrogens is 2. The van der Waals surface area contributed by atoms with E-state index >= 15 is 0 Å². The molecular weight excluding hydrogens is 443 g/mol. The molecule has 0 radical (unpaired) electrons. The lowest BCUT2D eigenvalue weighted by Crippen LogP contribution is -2.50. The highest BCUT2D eigenvalue weighted by molar-refractivity contribution is 7.13. The van der Waals surface area contributed by atoms with Gasteiger partial charge in [0.2, 0.25) is 17.6 Å². The Balaban J connectivity index is 1.23. The number of hydrogen-bond acceptors (Lipinski definition) is 6. The first-order valence-corrected chi connectivity index (χ1v) is 11.2. The minimum absolute atomic E-state index is 0.0323. The Morgan fingerprint density at radius 3 is 2.65 bits per heavy atom. The highest BCUT2D eigenvalue weighted by Gasteiger charge is 2.26. The molecule has 0 N–H and O–H groups in total. The largest absolute Gasteiger partial charge is 0.339 e. The van der Waals surface area contributed by atoms with E-state index in [1.165, 1.54) is 12.1 Å². The normalized spacial score (nSPS) is 14.1. The van der Waals surface area contributed by atoms with Crippen molar-refractivity contribution in [3.63, 3.8) is 0 Å². The van der Waals surface area contributed by atoms with Crippen LogP contribution >= 0.6 is 22.9 Å². The number of aryl methyl sites for hydroxylation is 1. The van der Waals surface area contributed by atoms with Gasteiger partial charge in [-0.2, -0.15) is 4.98 Å². The Morgan fingerprint density at radius 2 is 1.94 bits per heavy atom. The maximum absolute atomic E-state index is 13.2. The third kappa shape index (κ3) is 5.11. The molecule has 7 nitrogen and oxygen atoms in total. The van der Waals surface area contributed by atoms with E-state index < -0.39 is 5.82 Å². The summed E-state index contributed by atoms with van der Waals surface area (Å²) in [6, 6.07) is 7.58. The second kappa shape index (κ2) is 9.57. The smallest absolute Gasteiger partial charge is 0.255 e. The molecule has 31 heavy (non-hydrogen) atoms. The Morgan fingerprint density at radius 1 is 1.16 bits per heavy atom. The van der Waals surface area contributed by atoms with Crippen molar-refractivity contribution in [1.82, 2.24) is 19.9 Å². The van der Waals surface area contributed by atoms with Crippen molar-refractivity contribution < 1.29 is 18.5 Å². The summed E-state index contributed by atoms with van der Waals surface area (Å²) in [5, 5.41) is 6.01. The predicted molar refractivity (Wildman–Crippen MR) is 114 cm³/mol. The summed E-state index contributed by atoms with van der Waals surface area (Å²) in [6.45, 7) is 1.72. The molecule has 0 bridgehead atoms. The lowest BCUT2D eigenvalue weighted by Gasteiger charge is -2.35. The van der Waals surface area contributed by atoms with Crippen molar-refractivity contribution in [2.75, 3.05) is 26.2 Å². The van der Waals surface area contributed by atoms with E-state index in [0.717, 1.165) is 10.9 Å². The van der Waals surface area contributed by atoms with Gasteiger partial charge in [-0.05, 0) is 36.1 Å². The summed E-state index contributed by atoms with van der Waals surface area (Å²) < 4.78 is 18.5. The summed E-state index contributed by atoms with van der Waals surface area (Å²) in [5.41, 5.74) is 0.268. The van der Waals surface area contributed by atoms with Crippen LogP contribution in [0.5, 0.6) is 0 Å². The second-order valence-corrected chi connectivity index (χ2v) is 8.49. The Bertz CT molecular complexity index is 1060. The highest BCUT2D eigenvalue weighted by Crippen LogP contribution is 2.22. The third-order valence-electron chi connectivity index (χ3n) is 5.07. The van der Waals surface area contributed by atoms with Crippen molar-refractivity contribution in [2.45, 2.75) is 19.3 Å². The first-order chi connectivity index (χ1) is 15.0. The van der Waals surface area contributed by atoms with Gasteiger partial charge < -0.3 is 14.3 Å². The van der Waals surface area contributed by atoms with Gasteiger partial charge in [-0.25, -0.2) is 4.39 Å². The van der Waals surface area contributed by atoms with Gasteiger partial charge >= 0.3 is 0 Å². The maximum Gasteiger partial charge on any atom is 0.255 e. The number of thiophene rings is 1. The molecule has 1 saturated heterocycles. The monoisotopic (exact) mass is 462 g/mol. The Kier molecular flexibility index (Phi) is 6.62. The van der Waals surface area contributed by atoms with Crippen LogP contribution in [-0.4, -0.2) is 57.9 Å². The van der Waals surface area contributed by atoms with E-state index in [-0.39, 0.29) is 22.4 Å². The Labute approximate surface area is 187 Å². The quantitative estimate of drug-likeness (QED) is 0.555. The fourth-order valence-electron chi connectivity index (χ4n) is 3.40. The summed E-state index contributed by atoms with van der Waals surface area (Å²) in [4.78, 5) is 33.8. The van der Waals surface area contributed by atoms with Crippen molar-refractivity contribution in [3.05, 3.63) is 58.0 Å². The molecule has 3 heterocycles. The number of carbonyl (C=O) groups excluding carboxylic acids is 2. The van der Waals surface area contributed by atoms with Gasteiger partial charge in [0.1, 0.15) is 5.82 Å². The summed E-state index contributed by atoms with van der Waals surface area (Å²) in [5.74, 6) is 0.376. The number of amides is 2. The topological polar surface area (TPSA) is 79.5 Å². The van der Waals surface area contributed by atoms with Crippen LogP contribution in [0.1, 0.15) is 29.1 Å². The van der Waals surface area contributed by atoms with Crippen LogP contribution in [0.3, 0.4) is 0 Å². The molecule has 0 spiro atoms. The molecule has 1 aliphatic rings. The standard InChI is InChI=1S/C21H20ClFN4O3S/c22-16-13-14(23)6-7-15(16)21(29)27-10-8-26(9-11-27)19(28)5-1-4-18-24-20(25-30-18)17-3-2-12-31-17/h2-3,6-7,12-13H,1,4-5,8-11H2. The lowest BCUT2D eigenvalue weighted by atomic mass is 10.1. The van der Waals surface area contributed by atoms with Crippen LogP contribution in [0, 0.1) is 5.82 Å². The number of rotatable bonds is 6. The van der Waals surface area contributed by atoms with Crippen LogP contribution in [0.25, 0.3) is 10.7 Å². The molecule has 2 aromatic heterocycles. The molecule has 0 atom stereocenters. The Hall–Kier alpha value is -2.78. The van der Waals surface area contributed by atoms with Crippen molar-refractivity contribution in [3.8, 4) is 10.7 Å². The summed E-state index contributed by atoms with van der Waals surface area (Å²) >= 11 is 7.53. The minimum Gasteiger partial charge on any atom is -0.339 e. The molecule has 4 rings (SSSR count). The van der Waals surface area contributed by atoms with Gasteiger partial charge in [-0.15, -0.1) is 11.3 Å². The zero-order valence-corrected chi connectivity index (χ0v) is 18.2. The third-order valence-corrected chi connectivity index (χ3v) is 6.25. The highest BCUT2D eigenvalue weighted by atomic mass is 35.5. The molecule has 0 aliphatic carbocycles. The van der Waals surface area contributed by atoms with Crippen LogP contribution in [0.15, 0.2) is 40.2 Å². The average molecular weight is 463 g/mol. The fourth-order valence-corrected chi connectivity index (χ4v) is 4.30. The molecule has 1 fully saturated rings. The van der Waals surface area contributed by atoms with E-state index in [4.69, 9.17) is 16.1 Å². The van der Waals surface area contributed by atoms with Crippen molar-refractivity contribution in [2.24, 2.45) is 0 Å². The molecule has 162 valence electrons. The van der Waals surface area contributed by atoms with Gasteiger partial charge in [0.15, 0.2) is 0 Å². The maximum atomic E-state index is 13.2. The van der Waals surface area contributed by atoms with Crippen LogP contribution < -0.4 is 0 Å². The zero-order chi connectivity index (χ0) is 21.8. The molecule has 3 aromatic rings. The average Bonchev–Trinajstić information content (AvgIpc) is 3.45. The number of nitrogens with zero attached hydrogens (tertiary/aromatic N) is 4. The van der Waals surface area contributed by atoms with Gasteiger partial charge in [-0.1, -0.05) is 22.8 Å². The molecule has 0 unspecified atom stereocenters. The first-order valence-electron chi connectivity index (χ1n) is 9.90. The molecule has 1 aliphatic heterocycles. The fraction of sp³-hybridized carbons (Fsp3) is 0.333. The van der Waals surface area contributed by atoms with Crippen LogP contribution in [-0.2, 0) is 11.2 Å². The number of halogens is 2. The van der Waals surface area contributed by atoms with Crippen LogP contribution in [0.4, 0.5) is 4.39 Å². The van der Waals surface area contributed by atoms with E-state index in [1.807, 2.05) is 17.5 Å². The molecule has 2 amide bonds. The minimum atomic E-state index is -0.486. The number of hydrogen-bond donors (Lipinski definition) is 0. The van der Waals surface area contributed by atoms with E-state index in [9.17, 15) is 14.0 Å². The van der Waals surface area contributed by atoms with E-state index in [2.05, 4.69) is 10.1 Å². The predicted octanol–water partition coefficient (Wildman–Crippen LogP) is 3.90. The number of benzene rings is 1. The number of piperazine rings is 1.